The number of esters is 2. The number of para-hydroxylation sites is 1. The van der Waals surface area contributed by atoms with Crippen LogP contribution in [0.5, 0.6) is 0 Å². The Balaban J connectivity index is 1.59. The van der Waals surface area contributed by atoms with Gasteiger partial charge in [0.15, 0.2) is 0 Å². The molecule has 0 N–H and O–H groups in total. The molecule has 3 aromatic rings. The van der Waals surface area contributed by atoms with Crippen molar-refractivity contribution in [3.8, 4) is 0 Å². The highest BCUT2D eigenvalue weighted by Crippen LogP contribution is 2.10. The maximum Gasteiger partial charge on any atom is 0.337 e. The van der Waals surface area contributed by atoms with Crippen molar-refractivity contribution in [2.24, 2.45) is 7.05 Å². The number of ether oxygens (including phenoxy) is 2. The largest absolute Gasteiger partial charge is 0.465 e. The number of fused-ring (bicyclic) bond motifs is 1. The first kappa shape index (κ1) is 19.3. The molecule has 0 unspecified atom stereocenters. The van der Waals surface area contributed by atoms with E-state index in [0.29, 0.717) is 28.7 Å². The summed E-state index contributed by atoms with van der Waals surface area (Å²) in [4.78, 5) is 40.3. The first-order chi connectivity index (χ1) is 13.5. The van der Waals surface area contributed by atoms with Crippen molar-refractivity contribution in [1.29, 1.82) is 0 Å². The molecule has 7 nitrogen and oxygen atoms in total. The summed E-state index contributed by atoms with van der Waals surface area (Å²) in [6.45, 7) is 0.102. The Hall–Kier alpha value is -3.48. The lowest BCUT2D eigenvalue weighted by Crippen LogP contribution is -2.23. The van der Waals surface area contributed by atoms with E-state index in [4.69, 9.17) is 4.74 Å². The lowest BCUT2D eigenvalue weighted by molar-refractivity contribution is -0.144. The maximum absolute atomic E-state index is 12.4. The molecule has 1 heterocycles. The van der Waals surface area contributed by atoms with Gasteiger partial charge < -0.3 is 9.47 Å². The summed E-state index contributed by atoms with van der Waals surface area (Å²) in [5, 5.41) is 0.548. The Morgan fingerprint density at radius 2 is 1.79 bits per heavy atom. The normalized spacial score (nSPS) is 10.6. The third kappa shape index (κ3) is 4.25. The van der Waals surface area contributed by atoms with Crippen molar-refractivity contribution in [3.05, 3.63) is 75.8 Å². The topological polar surface area (TPSA) is 87.5 Å². The fraction of sp³-hybridized carbons (Fsp3) is 0.238. The maximum atomic E-state index is 12.4. The molecule has 0 aliphatic carbocycles. The second-order valence-electron chi connectivity index (χ2n) is 6.26. The van der Waals surface area contributed by atoms with Gasteiger partial charge in [-0.3, -0.25) is 14.2 Å². The molecule has 0 radical (unpaired) electrons. The Kier molecular flexibility index (Phi) is 5.84. The lowest BCUT2D eigenvalue weighted by Gasteiger charge is -2.09. The van der Waals surface area contributed by atoms with Gasteiger partial charge in [-0.1, -0.05) is 24.3 Å². The quantitative estimate of drug-likeness (QED) is 0.610. The van der Waals surface area contributed by atoms with Gasteiger partial charge in [0, 0.05) is 13.5 Å². The number of carbonyl (C=O) groups is 2. The number of rotatable bonds is 6. The molecular formula is C21H20N2O5. The molecule has 3 rings (SSSR count). The number of methoxy groups -OCH3 is 1. The third-order valence-corrected chi connectivity index (χ3v) is 4.40. The summed E-state index contributed by atoms with van der Waals surface area (Å²) in [5.41, 5.74) is 1.66. The van der Waals surface area contributed by atoms with Gasteiger partial charge in [0.1, 0.15) is 12.4 Å². The zero-order valence-electron chi connectivity index (χ0n) is 15.7. The van der Waals surface area contributed by atoms with Crippen molar-refractivity contribution in [3.63, 3.8) is 0 Å². The first-order valence-corrected chi connectivity index (χ1v) is 8.77. The molecule has 7 heteroatoms. The molecule has 2 aromatic carbocycles. The molecular weight excluding hydrogens is 360 g/mol. The molecule has 28 heavy (non-hydrogen) atoms. The summed E-state index contributed by atoms with van der Waals surface area (Å²) in [6.07, 6.45) is 0.412. The molecule has 0 spiro atoms. The standard InChI is InChI=1S/C21H20N2O5/c1-23-18(22-17-6-4-3-5-16(17)20(23)25)11-12-19(24)28-13-14-7-9-15(10-8-14)21(26)27-2/h3-10H,11-13H2,1-2H3. The van der Waals surface area contributed by atoms with Gasteiger partial charge in [0.25, 0.3) is 5.56 Å². The van der Waals surface area contributed by atoms with Gasteiger partial charge in [-0.25, -0.2) is 9.78 Å². The van der Waals surface area contributed by atoms with Crippen molar-refractivity contribution in [2.75, 3.05) is 7.11 Å². The zero-order chi connectivity index (χ0) is 20.1. The number of carbonyl (C=O) groups excluding carboxylic acids is 2. The van der Waals surface area contributed by atoms with Crippen LogP contribution in [0.15, 0.2) is 53.3 Å². The van der Waals surface area contributed by atoms with Crippen LogP contribution in [-0.4, -0.2) is 28.6 Å². The fourth-order valence-electron chi connectivity index (χ4n) is 2.79. The van der Waals surface area contributed by atoms with Crippen LogP contribution >= 0.6 is 0 Å². The van der Waals surface area contributed by atoms with E-state index >= 15 is 0 Å². The SMILES string of the molecule is COC(=O)c1ccc(COC(=O)CCc2nc3ccccc3c(=O)n2C)cc1. The van der Waals surface area contributed by atoms with E-state index in [2.05, 4.69) is 9.72 Å². The monoisotopic (exact) mass is 380 g/mol. The number of hydrogen-bond acceptors (Lipinski definition) is 6. The first-order valence-electron chi connectivity index (χ1n) is 8.77. The van der Waals surface area contributed by atoms with Crippen LogP contribution in [0.3, 0.4) is 0 Å². The van der Waals surface area contributed by atoms with Crippen molar-refractivity contribution >= 4 is 22.8 Å². The van der Waals surface area contributed by atoms with Gasteiger partial charge in [-0.2, -0.15) is 0 Å². The lowest BCUT2D eigenvalue weighted by atomic mass is 10.1. The highest BCUT2D eigenvalue weighted by Gasteiger charge is 2.11. The summed E-state index contributed by atoms with van der Waals surface area (Å²) in [5.74, 6) is -0.278. The smallest absolute Gasteiger partial charge is 0.337 e. The molecule has 0 bridgehead atoms. The minimum atomic E-state index is -0.419. The van der Waals surface area contributed by atoms with Crippen LogP contribution in [-0.2, 0) is 34.3 Å². The Morgan fingerprint density at radius 1 is 1.07 bits per heavy atom. The Morgan fingerprint density at radius 3 is 2.50 bits per heavy atom. The summed E-state index contributed by atoms with van der Waals surface area (Å²) in [6, 6.07) is 13.7. The van der Waals surface area contributed by atoms with Crippen LogP contribution in [0.25, 0.3) is 10.9 Å². The number of nitrogens with zero attached hydrogens (tertiary/aromatic N) is 2. The van der Waals surface area contributed by atoms with Crippen LogP contribution in [0.1, 0.15) is 28.2 Å². The number of benzene rings is 2. The molecule has 0 saturated heterocycles. The highest BCUT2D eigenvalue weighted by molar-refractivity contribution is 5.89. The molecule has 0 aliphatic rings. The molecule has 0 amide bonds. The molecule has 144 valence electrons. The Labute approximate surface area is 161 Å². The van der Waals surface area contributed by atoms with Crippen LogP contribution in [0.4, 0.5) is 0 Å². The predicted octanol–water partition coefficient (Wildman–Crippen LogP) is 2.40. The number of hydrogen-bond donors (Lipinski definition) is 0. The molecule has 0 aliphatic heterocycles. The molecule has 0 saturated carbocycles. The predicted molar refractivity (Wildman–Crippen MR) is 103 cm³/mol. The average Bonchev–Trinajstić information content (AvgIpc) is 2.73. The summed E-state index contributed by atoms with van der Waals surface area (Å²) < 4.78 is 11.4. The van der Waals surface area contributed by atoms with Crippen LogP contribution < -0.4 is 5.56 Å². The zero-order valence-corrected chi connectivity index (χ0v) is 15.7. The van der Waals surface area contributed by atoms with Crippen molar-refractivity contribution in [1.82, 2.24) is 9.55 Å². The summed E-state index contributed by atoms with van der Waals surface area (Å²) >= 11 is 0. The van der Waals surface area contributed by atoms with Crippen LogP contribution in [0.2, 0.25) is 0 Å². The van der Waals surface area contributed by atoms with Crippen molar-refractivity contribution in [2.45, 2.75) is 19.4 Å². The van der Waals surface area contributed by atoms with E-state index in [9.17, 15) is 14.4 Å². The van der Waals surface area contributed by atoms with Gasteiger partial charge >= 0.3 is 11.9 Å². The van der Waals surface area contributed by atoms with Crippen molar-refractivity contribution < 1.29 is 19.1 Å². The molecule has 0 fully saturated rings. The van der Waals surface area contributed by atoms with E-state index in [0.717, 1.165) is 5.56 Å². The Bertz CT molecular complexity index is 1070. The van der Waals surface area contributed by atoms with Gasteiger partial charge in [0.05, 0.1) is 30.0 Å². The van der Waals surface area contributed by atoms with E-state index in [1.165, 1.54) is 11.7 Å². The van der Waals surface area contributed by atoms with E-state index in [1.54, 1.807) is 49.5 Å². The van der Waals surface area contributed by atoms with Crippen LogP contribution in [0, 0.1) is 0 Å². The molecule has 0 atom stereocenters. The average molecular weight is 380 g/mol. The summed E-state index contributed by atoms with van der Waals surface area (Å²) in [7, 11) is 2.96. The van der Waals surface area contributed by atoms with Gasteiger partial charge in [0.2, 0.25) is 0 Å². The fourth-order valence-corrected chi connectivity index (χ4v) is 2.79. The minimum Gasteiger partial charge on any atom is -0.465 e. The van der Waals surface area contributed by atoms with Gasteiger partial charge in [-0.15, -0.1) is 0 Å². The number of aryl methyl sites for hydroxylation is 1. The third-order valence-electron chi connectivity index (χ3n) is 4.40. The second kappa shape index (κ2) is 8.47. The van der Waals surface area contributed by atoms with E-state index < -0.39 is 5.97 Å². The van der Waals surface area contributed by atoms with Gasteiger partial charge in [-0.05, 0) is 29.8 Å². The highest BCUT2D eigenvalue weighted by atomic mass is 16.5. The second-order valence-corrected chi connectivity index (χ2v) is 6.26. The number of aromatic nitrogens is 2. The molecule has 1 aromatic heterocycles. The van der Waals surface area contributed by atoms with E-state index in [-0.39, 0.29) is 24.6 Å². The van der Waals surface area contributed by atoms with E-state index in [1.807, 2.05) is 6.07 Å². The minimum absolute atomic E-state index is 0.102.